The second-order valence-electron chi connectivity index (χ2n) is 6.63. The maximum atomic E-state index is 6.59. The van der Waals surface area contributed by atoms with E-state index in [1.807, 2.05) is 0 Å². The summed E-state index contributed by atoms with van der Waals surface area (Å²) in [6.07, 6.45) is 2.22. The van der Waals surface area contributed by atoms with E-state index in [0.29, 0.717) is 11.8 Å². The Morgan fingerprint density at radius 1 is 0.952 bits per heavy atom. The highest BCUT2D eigenvalue weighted by atomic mass is 14.8. The van der Waals surface area contributed by atoms with Gasteiger partial charge in [-0.3, -0.25) is 0 Å². The summed E-state index contributed by atoms with van der Waals surface area (Å²) in [5.41, 5.74) is 9.66. The van der Waals surface area contributed by atoms with Gasteiger partial charge in [0.25, 0.3) is 0 Å². The molecule has 0 radical (unpaired) electrons. The second-order valence-corrected chi connectivity index (χ2v) is 6.63. The van der Waals surface area contributed by atoms with E-state index in [-0.39, 0.29) is 11.5 Å². The lowest BCUT2D eigenvalue weighted by molar-refractivity contribution is -0.00701. The first-order valence-electron chi connectivity index (χ1n) is 8.01. The summed E-state index contributed by atoms with van der Waals surface area (Å²) in [4.78, 5) is 0. The smallest absolute Gasteiger partial charge is 0.0136 e. The van der Waals surface area contributed by atoms with E-state index in [4.69, 9.17) is 5.73 Å². The zero-order chi connectivity index (χ0) is 14.9. The highest BCUT2D eigenvalue weighted by Gasteiger charge is 2.56. The van der Waals surface area contributed by atoms with Gasteiger partial charge >= 0.3 is 0 Å². The average Bonchev–Trinajstić information content (AvgIpc) is 2.55. The first kappa shape index (κ1) is 14.3. The molecule has 0 spiro atoms. The Hall–Kier alpha value is -1.60. The Kier molecular flexibility index (Phi) is 3.86. The molecule has 2 aromatic rings. The summed E-state index contributed by atoms with van der Waals surface area (Å²) in [5, 5.41) is 0. The van der Waals surface area contributed by atoms with E-state index in [9.17, 15) is 0 Å². The molecule has 110 valence electrons. The summed E-state index contributed by atoms with van der Waals surface area (Å²) in [5.74, 6) is 1.11. The van der Waals surface area contributed by atoms with Gasteiger partial charge in [0.05, 0.1) is 0 Å². The lowest BCUT2D eigenvalue weighted by Gasteiger charge is -2.59. The Bertz CT molecular complexity index is 577. The third kappa shape index (κ3) is 2.40. The summed E-state index contributed by atoms with van der Waals surface area (Å²) in [7, 11) is 0. The lowest BCUT2D eigenvalue weighted by atomic mass is 9.47. The summed E-state index contributed by atoms with van der Waals surface area (Å²) in [6.45, 7) is 4.63. The van der Waals surface area contributed by atoms with Crippen LogP contribution in [-0.2, 0) is 6.42 Å². The highest BCUT2D eigenvalue weighted by molar-refractivity contribution is 5.31. The Morgan fingerprint density at radius 2 is 1.52 bits per heavy atom. The van der Waals surface area contributed by atoms with Gasteiger partial charge in [-0.1, -0.05) is 74.5 Å². The normalized spacial score (nSPS) is 31.7. The molecule has 1 aliphatic carbocycles. The molecule has 0 aliphatic heterocycles. The molecule has 1 heteroatoms. The quantitative estimate of drug-likeness (QED) is 0.882. The molecule has 21 heavy (non-hydrogen) atoms. The molecule has 4 atom stereocenters. The minimum atomic E-state index is 0.223. The van der Waals surface area contributed by atoms with Gasteiger partial charge in [-0.05, 0) is 41.2 Å². The van der Waals surface area contributed by atoms with Crippen LogP contribution >= 0.6 is 0 Å². The van der Waals surface area contributed by atoms with E-state index < -0.39 is 0 Å². The zero-order valence-corrected chi connectivity index (χ0v) is 13.0. The topological polar surface area (TPSA) is 26.0 Å². The van der Waals surface area contributed by atoms with E-state index >= 15 is 0 Å². The highest BCUT2D eigenvalue weighted by Crippen LogP contribution is 2.58. The van der Waals surface area contributed by atoms with Crippen molar-refractivity contribution < 1.29 is 0 Å². The van der Waals surface area contributed by atoms with Crippen molar-refractivity contribution in [3.8, 4) is 0 Å². The van der Waals surface area contributed by atoms with Gasteiger partial charge < -0.3 is 5.73 Å². The molecule has 0 heterocycles. The fourth-order valence-corrected chi connectivity index (χ4v) is 4.15. The van der Waals surface area contributed by atoms with Crippen LogP contribution in [0.4, 0.5) is 0 Å². The van der Waals surface area contributed by atoms with Crippen molar-refractivity contribution in [2.45, 2.75) is 38.6 Å². The van der Waals surface area contributed by atoms with Crippen molar-refractivity contribution in [2.24, 2.45) is 17.1 Å². The number of hydrogen-bond acceptors (Lipinski definition) is 1. The molecule has 2 aromatic carbocycles. The predicted octanol–water partition coefficient (Wildman–Crippen LogP) is 4.39. The Balaban J connectivity index is 1.89. The average molecular weight is 279 g/mol. The molecule has 0 aromatic heterocycles. The van der Waals surface area contributed by atoms with E-state index in [0.717, 1.165) is 12.8 Å². The SMILES string of the molecule is CCC1(C)C(N)C(Cc2ccccc2)C1c1ccccc1. The molecule has 1 fully saturated rings. The molecule has 1 saturated carbocycles. The van der Waals surface area contributed by atoms with Crippen LogP contribution in [0.1, 0.15) is 37.3 Å². The van der Waals surface area contributed by atoms with Gasteiger partial charge in [-0.25, -0.2) is 0 Å². The maximum Gasteiger partial charge on any atom is 0.0136 e. The Morgan fingerprint density at radius 3 is 2.10 bits per heavy atom. The number of rotatable bonds is 4. The minimum Gasteiger partial charge on any atom is -0.327 e. The molecule has 0 amide bonds. The fraction of sp³-hybridized carbons (Fsp3) is 0.400. The monoisotopic (exact) mass is 279 g/mol. The van der Waals surface area contributed by atoms with Crippen molar-refractivity contribution in [3.05, 3.63) is 71.8 Å². The second kappa shape index (κ2) is 5.65. The molecule has 4 unspecified atom stereocenters. The van der Waals surface area contributed by atoms with Crippen LogP contribution in [0.25, 0.3) is 0 Å². The van der Waals surface area contributed by atoms with Crippen LogP contribution in [0.3, 0.4) is 0 Å². The number of hydrogen-bond donors (Lipinski definition) is 1. The molecule has 1 aliphatic rings. The number of benzene rings is 2. The maximum absolute atomic E-state index is 6.59. The van der Waals surface area contributed by atoms with E-state index in [1.165, 1.54) is 11.1 Å². The molecule has 3 rings (SSSR count). The summed E-state index contributed by atoms with van der Waals surface area (Å²) in [6, 6.07) is 22.0. The van der Waals surface area contributed by atoms with Crippen molar-refractivity contribution in [1.29, 1.82) is 0 Å². The summed E-state index contributed by atoms with van der Waals surface area (Å²) >= 11 is 0. The minimum absolute atomic E-state index is 0.223. The van der Waals surface area contributed by atoms with Gasteiger partial charge in [0.15, 0.2) is 0 Å². The van der Waals surface area contributed by atoms with E-state index in [1.54, 1.807) is 0 Å². The van der Waals surface area contributed by atoms with Crippen molar-refractivity contribution in [2.75, 3.05) is 0 Å². The van der Waals surface area contributed by atoms with Crippen molar-refractivity contribution >= 4 is 0 Å². The first-order chi connectivity index (χ1) is 10.2. The van der Waals surface area contributed by atoms with Crippen molar-refractivity contribution in [3.63, 3.8) is 0 Å². The molecule has 2 N–H and O–H groups in total. The van der Waals surface area contributed by atoms with Crippen molar-refractivity contribution in [1.82, 2.24) is 0 Å². The van der Waals surface area contributed by atoms with Gasteiger partial charge in [0.1, 0.15) is 0 Å². The van der Waals surface area contributed by atoms with Crippen LogP contribution in [0.15, 0.2) is 60.7 Å². The fourth-order valence-electron chi connectivity index (χ4n) is 4.15. The predicted molar refractivity (Wildman–Crippen MR) is 89.2 cm³/mol. The molecular weight excluding hydrogens is 254 g/mol. The Labute approximate surface area is 128 Å². The first-order valence-corrected chi connectivity index (χ1v) is 8.01. The van der Waals surface area contributed by atoms with Crippen LogP contribution in [-0.4, -0.2) is 6.04 Å². The molecule has 0 bridgehead atoms. The molecule has 0 saturated heterocycles. The molecular formula is C20H25N. The van der Waals surface area contributed by atoms with Crippen LogP contribution in [0.5, 0.6) is 0 Å². The van der Waals surface area contributed by atoms with Gasteiger partial charge in [-0.2, -0.15) is 0 Å². The lowest BCUT2D eigenvalue weighted by Crippen LogP contribution is -2.62. The zero-order valence-electron chi connectivity index (χ0n) is 13.0. The van der Waals surface area contributed by atoms with E-state index in [2.05, 4.69) is 74.5 Å². The standard InChI is InChI=1S/C20H25N/c1-3-20(2)18(16-12-8-5-9-13-16)17(19(20)21)14-15-10-6-4-7-11-15/h4-13,17-19H,3,14,21H2,1-2H3. The van der Waals surface area contributed by atoms with Gasteiger partial charge in [0.2, 0.25) is 0 Å². The van der Waals surface area contributed by atoms with Crippen LogP contribution in [0.2, 0.25) is 0 Å². The van der Waals surface area contributed by atoms with Gasteiger partial charge in [-0.15, -0.1) is 0 Å². The largest absolute Gasteiger partial charge is 0.327 e. The summed E-state index contributed by atoms with van der Waals surface area (Å²) < 4.78 is 0. The van der Waals surface area contributed by atoms with Crippen LogP contribution in [0, 0.1) is 11.3 Å². The third-order valence-corrected chi connectivity index (χ3v) is 5.60. The van der Waals surface area contributed by atoms with Crippen LogP contribution < -0.4 is 5.73 Å². The third-order valence-electron chi connectivity index (χ3n) is 5.60. The van der Waals surface area contributed by atoms with Gasteiger partial charge in [0, 0.05) is 6.04 Å². The number of nitrogens with two attached hydrogens (primary N) is 1. The molecule has 1 nitrogen and oxygen atoms in total.